The first-order valence-corrected chi connectivity index (χ1v) is 4.20. The van der Waals surface area contributed by atoms with Gasteiger partial charge in [-0.25, -0.2) is 0 Å². The van der Waals surface area contributed by atoms with Crippen LogP contribution in [0.1, 0.15) is 25.7 Å². The van der Waals surface area contributed by atoms with Crippen molar-refractivity contribution in [1.29, 1.82) is 0 Å². The molecule has 3 nitrogen and oxygen atoms in total. The molecule has 1 heterocycles. The SMILES string of the molecule is Cl.O=C(O)C1CCC2(CCN2)C1. The smallest absolute Gasteiger partial charge is 0.306 e. The van der Waals surface area contributed by atoms with Crippen molar-refractivity contribution in [1.82, 2.24) is 5.32 Å². The van der Waals surface area contributed by atoms with E-state index in [-0.39, 0.29) is 23.9 Å². The molecule has 1 aliphatic heterocycles. The molecule has 12 heavy (non-hydrogen) atoms. The molecule has 2 aliphatic rings. The first-order valence-electron chi connectivity index (χ1n) is 4.20. The molecular weight excluding hydrogens is 178 g/mol. The number of carboxylic acids is 1. The fourth-order valence-corrected chi connectivity index (χ4v) is 2.20. The Morgan fingerprint density at radius 2 is 2.17 bits per heavy atom. The van der Waals surface area contributed by atoms with Gasteiger partial charge in [0.2, 0.25) is 0 Å². The van der Waals surface area contributed by atoms with E-state index in [9.17, 15) is 4.79 Å². The molecule has 0 radical (unpaired) electrons. The zero-order chi connectivity index (χ0) is 7.90. The van der Waals surface area contributed by atoms with Crippen LogP contribution in [0.5, 0.6) is 0 Å². The lowest BCUT2D eigenvalue weighted by Gasteiger charge is -2.40. The van der Waals surface area contributed by atoms with Gasteiger partial charge in [0.1, 0.15) is 0 Å². The lowest BCUT2D eigenvalue weighted by atomic mass is 9.85. The van der Waals surface area contributed by atoms with Crippen LogP contribution >= 0.6 is 12.4 Å². The molecule has 2 fully saturated rings. The number of hydrogen-bond acceptors (Lipinski definition) is 2. The van der Waals surface area contributed by atoms with Gasteiger partial charge in [0, 0.05) is 5.54 Å². The van der Waals surface area contributed by atoms with Crippen molar-refractivity contribution in [3.05, 3.63) is 0 Å². The third-order valence-corrected chi connectivity index (χ3v) is 3.06. The Morgan fingerprint density at radius 1 is 1.50 bits per heavy atom. The Bertz CT molecular complexity index is 191. The molecule has 4 heteroatoms. The van der Waals surface area contributed by atoms with Gasteiger partial charge in [-0.3, -0.25) is 4.79 Å². The average molecular weight is 192 g/mol. The summed E-state index contributed by atoms with van der Waals surface area (Å²) in [5.74, 6) is -0.696. The minimum absolute atomic E-state index is 0. The number of rotatable bonds is 1. The van der Waals surface area contributed by atoms with Gasteiger partial charge in [-0.05, 0) is 32.2 Å². The quantitative estimate of drug-likeness (QED) is 0.651. The van der Waals surface area contributed by atoms with Crippen LogP contribution in [-0.2, 0) is 4.79 Å². The molecule has 0 aromatic heterocycles. The Morgan fingerprint density at radius 3 is 2.42 bits per heavy atom. The van der Waals surface area contributed by atoms with Crippen LogP contribution in [0.2, 0.25) is 0 Å². The number of carboxylic acid groups (broad SMARTS) is 1. The second-order valence-corrected chi connectivity index (χ2v) is 3.74. The Hall–Kier alpha value is -0.280. The maximum absolute atomic E-state index is 10.6. The van der Waals surface area contributed by atoms with E-state index in [1.807, 2.05) is 0 Å². The van der Waals surface area contributed by atoms with Crippen molar-refractivity contribution in [2.45, 2.75) is 31.2 Å². The van der Waals surface area contributed by atoms with Crippen LogP contribution < -0.4 is 5.32 Å². The second kappa shape index (κ2) is 3.23. The molecular formula is C8H14ClNO2. The van der Waals surface area contributed by atoms with Crippen LogP contribution in [0.15, 0.2) is 0 Å². The highest BCUT2D eigenvalue weighted by molar-refractivity contribution is 5.85. The largest absolute Gasteiger partial charge is 0.481 e. The van der Waals surface area contributed by atoms with Crippen molar-refractivity contribution in [2.24, 2.45) is 5.92 Å². The van der Waals surface area contributed by atoms with E-state index in [2.05, 4.69) is 5.32 Å². The van der Waals surface area contributed by atoms with Crippen molar-refractivity contribution in [2.75, 3.05) is 6.54 Å². The third kappa shape index (κ3) is 1.43. The summed E-state index contributed by atoms with van der Waals surface area (Å²) in [6.45, 7) is 1.08. The van der Waals surface area contributed by atoms with Crippen molar-refractivity contribution in [3.63, 3.8) is 0 Å². The fourth-order valence-electron chi connectivity index (χ4n) is 2.20. The molecule has 0 amide bonds. The molecule has 0 bridgehead atoms. The Labute approximate surface area is 77.9 Å². The standard InChI is InChI=1S/C8H13NO2.ClH/c10-7(11)6-1-2-8(5-6)3-4-9-8;/h6,9H,1-5H2,(H,10,11);1H. The van der Waals surface area contributed by atoms with Gasteiger partial charge in [0.05, 0.1) is 5.92 Å². The van der Waals surface area contributed by atoms with Gasteiger partial charge in [-0.2, -0.15) is 0 Å². The van der Waals surface area contributed by atoms with Crippen LogP contribution in [0.3, 0.4) is 0 Å². The summed E-state index contributed by atoms with van der Waals surface area (Å²) in [5, 5.41) is 12.1. The van der Waals surface area contributed by atoms with Crippen LogP contribution in [0.25, 0.3) is 0 Å². The zero-order valence-corrected chi connectivity index (χ0v) is 7.69. The number of hydrogen-bond donors (Lipinski definition) is 2. The van der Waals surface area contributed by atoms with Gasteiger partial charge in [0.15, 0.2) is 0 Å². The normalized spacial score (nSPS) is 38.8. The molecule has 2 unspecified atom stereocenters. The summed E-state index contributed by atoms with van der Waals surface area (Å²) in [4.78, 5) is 10.6. The van der Waals surface area contributed by atoms with Gasteiger partial charge < -0.3 is 10.4 Å². The van der Waals surface area contributed by atoms with E-state index in [4.69, 9.17) is 5.11 Å². The lowest BCUT2D eigenvalue weighted by Crippen LogP contribution is -2.55. The number of carbonyl (C=O) groups is 1. The molecule has 2 rings (SSSR count). The molecule has 1 spiro atoms. The van der Waals surface area contributed by atoms with Crippen LogP contribution in [-0.4, -0.2) is 23.2 Å². The van der Waals surface area contributed by atoms with Gasteiger partial charge in [0.25, 0.3) is 0 Å². The maximum Gasteiger partial charge on any atom is 0.306 e. The predicted molar refractivity (Wildman–Crippen MR) is 47.6 cm³/mol. The number of halogens is 1. The molecule has 0 aromatic carbocycles. The summed E-state index contributed by atoms with van der Waals surface area (Å²) in [5.41, 5.74) is 0.239. The van der Waals surface area contributed by atoms with E-state index in [0.717, 1.165) is 25.8 Å². The molecule has 2 atom stereocenters. The van der Waals surface area contributed by atoms with Gasteiger partial charge in [-0.15, -0.1) is 12.4 Å². The molecule has 0 aromatic rings. The second-order valence-electron chi connectivity index (χ2n) is 3.74. The first-order chi connectivity index (χ1) is 5.22. The lowest BCUT2D eigenvalue weighted by molar-refractivity contribution is -0.141. The number of nitrogens with one attached hydrogen (secondary N) is 1. The molecule has 2 N–H and O–H groups in total. The van der Waals surface area contributed by atoms with E-state index in [1.54, 1.807) is 0 Å². The summed E-state index contributed by atoms with van der Waals surface area (Å²) in [7, 11) is 0. The van der Waals surface area contributed by atoms with Gasteiger partial charge >= 0.3 is 5.97 Å². The zero-order valence-electron chi connectivity index (χ0n) is 6.88. The van der Waals surface area contributed by atoms with E-state index < -0.39 is 5.97 Å². The molecule has 70 valence electrons. The Balaban J connectivity index is 0.000000720. The molecule has 1 aliphatic carbocycles. The summed E-state index contributed by atoms with van der Waals surface area (Å²) >= 11 is 0. The van der Waals surface area contributed by atoms with E-state index >= 15 is 0 Å². The third-order valence-electron chi connectivity index (χ3n) is 3.06. The first kappa shape index (κ1) is 9.81. The molecule has 1 saturated carbocycles. The van der Waals surface area contributed by atoms with E-state index in [1.165, 1.54) is 6.42 Å². The minimum atomic E-state index is -0.615. The van der Waals surface area contributed by atoms with Gasteiger partial charge in [-0.1, -0.05) is 0 Å². The maximum atomic E-state index is 10.6. The highest BCUT2D eigenvalue weighted by Gasteiger charge is 2.45. The highest BCUT2D eigenvalue weighted by atomic mass is 35.5. The van der Waals surface area contributed by atoms with Crippen molar-refractivity contribution >= 4 is 18.4 Å². The predicted octanol–water partition coefficient (Wildman–Crippen LogP) is 1.02. The highest BCUT2D eigenvalue weighted by Crippen LogP contribution is 2.40. The summed E-state index contributed by atoms with van der Waals surface area (Å²) in [6.07, 6.45) is 3.95. The van der Waals surface area contributed by atoms with E-state index in [0.29, 0.717) is 0 Å². The van der Waals surface area contributed by atoms with Crippen molar-refractivity contribution in [3.8, 4) is 0 Å². The summed E-state index contributed by atoms with van der Waals surface area (Å²) < 4.78 is 0. The van der Waals surface area contributed by atoms with Crippen LogP contribution in [0, 0.1) is 5.92 Å². The van der Waals surface area contributed by atoms with Crippen molar-refractivity contribution < 1.29 is 9.90 Å². The Kier molecular flexibility index (Phi) is 2.64. The van der Waals surface area contributed by atoms with Crippen LogP contribution in [0.4, 0.5) is 0 Å². The topological polar surface area (TPSA) is 49.3 Å². The monoisotopic (exact) mass is 191 g/mol. The average Bonchev–Trinajstić information content (AvgIpc) is 2.28. The summed E-state index contributed by atoms with van der Waals surface area (Å²) in [6, 6.07) is 0. The number of aliphatic carboxylic acids is 1. The minimum Gasteiger partial charge on any atom is -0.481 e. The molecule has 1 saturated heterocycles. The fraction of sp³-hybridized carbons (Fsp3) is 0.875.